The second-order valence-corrected chi connectivity index (χ2v) is 14.0. The van der Waals surface area contributed by atoms with Gasteiger partial charge in [-0.25, -0.2) is 4.98 Å². The summed E-state index contributed by atoms with van der Waals surface area (Å²) < 4.78 is 22.4. The van der Waals surface area contributed by atoms with Crippen molar-refractivity contribution in [3.05, 3.63) is 145 Å². The van der Waals surface area contributed by atoms with Crippen LogP contribution in [0.1, 0.15) is 26.3 Å². The second kappa shape index (κ2) is 12.2. The summed E-state index contributed by atoms with van der Waals surface area (Å²) in [5.41, 5.74) is 7.51. The van der Waals surface area contributed by atoms with Crippen molar-refractivity contribution >= 4 is 44.9 Å². The standard InChI is InChI=1S/C44H30BN3O3.Pt/c1-44(2,3)27-21-23-47-40(24-27)48-35-16-7-4-12-29(35)30-20-19-28(25-36(30)48)49-39-26-31(34-15-10-11-22-46-34)42-41-43(39)51-38-18-9-6-14-33(38)45(41)32-13-5-8-17-37(32)50-42;/h4-24H,1-3H3;/q-2;+2. The Balaban J connectivity index is 0.00000360. The van der Waals surface area contributed by atoms with Crippen LogP contribution in [0.3, 0.4) is 0 Å². The maximum absolute atomic E-state index is 6.83. The van der Waals surface area contributed by atoms with Gasteiger partial charge in [-0.3, -0.25) is 0 Å². The summed E-state index contributed by atoms with van der Waals surface area (Å²) in [7, 11) is 0. The topological polar surface area (TPSA) is 58.4 Å². The minimum Gasteiger partial charge on any atom is -0.503 e. The van der Waals surface area contributed by atoms with E-state index in [-0.39, 0.29) is 33.2 Å². The first-order chi connectivity index (χ1) is 24.9. The van der Waals surface area contributed by atoms with Crippen LogP contribution in [0.15, 0.2) is 128 Å². The maximum Gasteiger partial charge on any atom is 2.00 e. The van der Waals surface area contributed by atoms with Crippen molar-refractivity contribution in [2.75, 3.05) is 0 Å². The number of fused-ring (bicyclic) bond motifs is 7. The van der Waals surface area contributed by atoms with E-state index in [1.54, 1.807) is 6.20 Å². The Morgan fingerprint density at radius 2 is 1.40 bits per heavy atom. The average molecular weight is 855 g/mol. The fraction of sp³-hybridized carbons (Fsp3) is 0.0909. The molecular formula is C44H30BN3O3Pt. The minimum absolute atomic E-state index is 0. The summed E-state index contributed by atoms with van der Waals surface area (Å²) in [5.74, 6) is 4.58. The molecule has 0 spiro atoms. The first kappa shape index (κ1) is 32.3. The SMILES string of the molecule is CC(C)(C)c1ccnc(-n2c3[c-]c(Oc4[c-]c(-c5ccccn5)c5c6c4Oc4ccccc4B6c4ccccc4O5)ccc3c3ccccc32)c1.[Pt+2]. The summed E-state index contributed by atoms with van der Waals surface area (Å²) in [6, 6.07) is 46.0. The number of aromatic nitrogens is 3. The molecule has 2 aliphatic rings. The van der Waals surface area contributed by atoms with E-state index >= 15 is 0 Å². The molecule has 2 aliphatic heterocycles. The number of ether oxygens (including phenoxy) is 3. The van der Waals surface area contributed by atoms with Crippen LogP contribution in [0.5, 0.6) is 34.5 Å². The molecule has 8 aromatic rings. The molecule has 0 atom stereocenters. The van der Waals surface area contributed by atoms with Crippen LogP contribution < -0.4 is 30.6 Å². The van der Waals surface area contributed by atoms with Crippen molar-refractivity contribution in [3.63, 3.8) is 0 Å². The zero-order chi connectivity index (χ0) is 34.3. The van der Waals surface area contributed by atoms with Gasteiger partial charge in [-0.1, -0.05) is 110 Å². The van der Waals surface area contributed by atoms with Crippen molar-refractivity contribution in [2.24, 2.45) is 0 Å². The number of benzene rings is 5. The fourth-order valence-electron chi connectivity index (χ4n) is 7.43. The van der Waals surface area contributed by atoms with E-state index in [1.807, 2.05) is 66.9 Å². The van der Waals surface area contributed by atoms with Gasteiger partial charge in [-0.05, 0) is 69.4 Å². The second-order valence-electron chi connectivity index (χ2n) is 14.0. The van der Waals surface area contributed by atoms with Gasteiger partial charge in [0.25, 0.3) is 0 Å². The van der Waals surface area contributed by atoms with Crippen molar-refractivity contribution in [2.45, 2.75) is 26.2 Å². The summed E-state index contributed by atoms with van der Waals surface area (Å²) in [6.45, 7) is 6.50. The Labute approximate surface area is 316 Å². The Morgan fingerprint density at radius 1 is 0.692 bits per heavy atom. The minimum atomic E-state index is -0.139. The molecule has 5 heterocycles. The Bertz CT molecular complexity index is 2670. The quantitative estimate of drug-likeness (QED) is 0.131. The van der Waals surface area contributed by atoms with Crippen LogP contribution in [-0.4, -0.2) is 21.2 Å². The molecule has 0 saturated carbocycles. The van der Waals surface area contributed by atoms with Gasteiger partial charge in [0, 0.05) is 29.4 Å². The van der Waals surface area contributed by atoms with Crippen LogP contribution in [0, 0.1) is 12.1 Å². The fourth-order valence-corrected chi connectivity index (χ4v) is 7.43. The van der Waals surface area contributed by atoms with E-state index in [1.165, 1.54) is 5.56 Å². The number of hydrogen-bond acceptors (Lipinski definition) is 5. The molecule has 252 valence electrons. The van der Waals surface area contributed by atoms with Crippen molar-refractivity contribution in [1.29, 1.82) is 0 Å². The summed E-state index contributed by atoms with van der Waals surface area (Å²) in [4.78, 5) is 9.55. The predicted molar refractivity (Wildman–Crippen MR) is 202 cm³/mol. The van der Waals surface area contributed by atoms with Gasteiger partial charge in [-0.15, -0.1) is 17.5 Å². The van der Waals surface area contributed by atoms with Gasteiger partial charge in [-0.2, -0.15) is 6.07 Å². The van der Waals surface area contributed by atoms with Gasteiger partial charge in [0.05, 0.1) is 11.5 Å². The van der Waals surface area contributed by atoms with E-state index < -0.39 is 0 Å². The van der Waals surface area contributed by atoms with Crippen LogP contribution in [0.4, 0.5) is 0 Å². The summed E-state index contributed by atoms with van der Waals surface area (Å²) >= 11 is 0. The van der Waals surface area contributed by atoms with Crippen LogP contribution in [0.2, 0.25) is 0 Å². The van der Waals surface area contributed by atoms with Gasteiger partial charge in [0.2, 0.25) is 6.71 Å². The van der Waals surface area contributed by atoms with E-state index in [4.69, 9.17) is 24.2 Å². The molecule has 0 radical (unpaired) electrons. The Kier molecular flexibility index (Phi) is 7.60. The molecule has 0 saturated heterocycles. The molecule has 52 heavy (non-hydrogen) atoms. The number of rotatable bonds is 4. The zero-order valence-corrected chi connectivity index (χ0v) is 30.9. The van der Waals surface area contributed by atoms with Crippen LogP contribution in [-0.2, 0) is 26.5 Å². The van der Waals surface area contributed by atoms with Crippen molar-refractivity contribution < 1.29 is 35.3 Å². The molecule has 0 N–H and O–H groups in total. The molecule has 0 unspecified atom stereocenters. The monoisotopic (exact) mass is 854 g/mol. The molecule has 0 aliphatic carbocycles. The smallest absolute Gasteiger partial charge is 0.503 e. The van der Waals surface area contributed by atoms with Crippen LogP contribution in [0.25, 0.3) is 38.9 Å². The van der Waals surface area contributed by atoms with E-state index in [2.05, 4.69) is 92.1 Å². The van der Waals surface area contributed by atoms with Gasteiger partial charge in [0.1, 0.15) is 17.3 Å². The van der Waals surface area contributed by atoms with E-state index in [9.17, 15) is 0 Å². The van der Waals surface area contributed by atoms with Gasteiger partial charge in [0.15, 0.2) is 0 Å². The molecule has 0 amide bonds. The number of para-hydroxylation sites is 3. The third-order valence-electron chi connectivity index (χ3n) is 9.86. The van der Waals surface area contributed by atoms with Crippen molar-refractivity contribution in [3.8, 4) is 51.6 Å². The molecule has 0 bridgehead atoms. The molecular weight excluding hydrogens is 824 g/mol. The van der Waals surface area contributed by atoms with E-state index in [0.29, 0.717) is 28.6 Å². The number of nitrogens with zero attached hydrogens (tertiary/aromatic N) is 3. The molecule has 8 heteroatoms. The summed E-state index contributed by atoms with van der Waals surface area (Å²) in [6.07, 6.45) is 3.66. The molecule has 3 aromatic heterocycles. The number of hydrogen-bond donors (Lipinski definition) is 0. The van der Waals surface area contributed by atoms with Crippen molar-refractivity contribution in [1.82, 2.24) is 14.5 Å². The normalized spacial score (nSPS) is 12.6. The van der Waals surface area contributed by atoms with E-state index in [0.717, 1.165) is 61.2 Å². The number of pyridine rings is 2. The van der Waals surface area contributed by atoms with Gasteiger partial charge < -0.3 is 23.8 Å². The molecule has 5 aromatic carbocycles. The average Bonchev–Trinajstić information content (AvgIpc) is 3.49. The first-order valence-electron chi connectivity index (χ1n) is 17.1. The first-order valence-corrected chi connectivity index (χ1v) is 17.1. The third kappa shape index (κ3) is 5.06. The molecule has 0 fully saturated rings. The Hall–Kier alpha value is -5.65. The third-order valence-corrected chi connectivity index (χ3v) is 9.86. The maximum atomic E-state index is 6.83. The molecule has 10 rings (SSSR count). The summed E-state index contributed by atoms with van der Waals surface area (Å²) in [5, 5.41) is 2.17. The molecule has 6 nitrogen and oxygen atoms in total. The van der Waals surface area contributed by atoms with Gasteiger partial charge >= 0.3 is 21.1 Å². The Morgan fingerprint density at radius 3 is 2.15 bits per heavy atom. The van der Waals surface area contributed by atoms with Crippen LogP contribution >= 0.6 is 0 Å². The predicted octanol–water partition coefficient (Wildman–Crippen LogP) is 8.66. The zero-order valence-electron chi connectivity index (χ0n) is 28.6. The largest absolute Gasteiger partial charge is 2.00 e.